The molecule has 0 saturated heterocycles. The lowest BCUT2D eigenvalue weighted by molar-refractivity contribution is -0.137. The zero-order chi connectivity index (χ0) is 12.8. The molecular weight excluding hydrogens is 236 g/mol. The normalized spacial score (nSPS) is 12.2. The Morgan fingerprint density at radius 3 is 2.82 bits per heavy atom. The van der Waals surface area contributed by atoms with Gasteiger partial charge in [-0.25, -0.2) is 0 Å². The lowest BCUT2D eigenvalue weighted by Crippen LogP contribution is -2.32. The summed E-state index contributed by atoms with van der Waals surface area (Å²) in [5, 5.41) is 8.65. The number of nitrogens with zero attached hydrogens (tertiary/aromatic N) is 1. The van der Waals surface area contributed by atoms with Crippen LogP contribution in [0.5, 0.6) is 0 Å². The number of benzene rings is 1. The number of carboxylic acids is 1. The first kappa shape index (κ1) is 13.9. The Balaban J connectivity index is 2.47. The molecule has 0 aliphatic carbocycles. The van der Waals surface area contributed by atoms with E-state index in [-0.39, 0.29) is 0 Å². The van der Waals surface area contributed by atoms with Gasteiger partial charge in [0.25, 0.3) is 0 Å². The number of hydrogen-bond donors (Lipinski definition) is 2. The molecule has 1 aromatic rings. The fourth-order valence-corrected chi connectivity index (χ4v) is 2.23. The summed E-state index contributed by atoms with van der Waals surface area (Å²) >= 11 is 1.54. The number of aliphatic carboxylic acids is 1. The van der Waals surface area contributed by atoms with Crippen LogP contribution in [0.15, 0.2) is 24.3 Å². The zero-order valence-corrected chi connectivity index (χ0v) is 10.9. The molecule has 0 fully saturated rings. The van der Waals surface area contributed by atoms with Crippen molar-refractivity contribution in [3.8, 4) is 0 Å². The molecule has 94 valence electrons. The van der Waals surface area contributed by atoms with Crippen LogP contribution in [0.4, 0.5) is 5.69 Å². The van der Waals surface area contributed by atoms with E-state index in [4.69, 9.17) is 10.8 Å². The fraction of sp³-hybridized carbons (Fsp3) is 0.417. The summed E-state index contributed by atoms with van der Waals surface area (Å²) < 4.78 is 0. The topological polar surface area (TPSA) is 66.6 Å². The molecule has 0 spiro atoms. The summed E-state index contributed by atoms with van der Waals surface area (Å²) in [6.45, 7) is 0. The highest BCUT2D eigenvalue weighted by molar-refractivity contribution is 7.98. The molecule has 1 atom stereocenters. The first-order valence-corrected chi connectivity index (χ1v) is 6.48. The number of anilines is 1. The molecule has 0 aliphatic heterocycles. The van der Waals surface area contributed by atoms with Gasteiger partial charge in [-0.2, -0.15) is 11.8 Å². The van der Waals surface area contributed by atoms with Crippen LogP contribution in [0.25, 0.3) is 0 Å². The van der Waals surface area contributed by atoms with Crippen molar-refractivity contribution in [2.75, 3.05) is 24.7 Å². The fourth-order valence-electron chi connectivity index (χ4n) is 1.30. The number of carbonyl (C=O) groups is 1. The monoisotopic (exact) mass is 254 g/mol. The molecule has 0 unspecified atom stereocenters. The van der Waals surface area contributed by atoms with Crippen LogP contribution >= 0.6 is 11.8 Å². The van der Waals surface area contributed by atoms with Crippen molar-refractivity contribution in [1.82, 2.24) is 0 Å². The Labute approximate surface area is 106 Å². The van der Waals surface area contributed by atoms with E-state index < -0.39 is 12.0 Å². The minimum atomic E-state index is -0.945. The SMILES string of the molecule is CN(C)c1cccc(CSC[C@H](N)C(=O)O)c1. The lowest BCUT2D eigenvalue weighted by atomic mass is 10.2. The quantitative estimate of drug-likeness (QED) is 0.803. The maximum atomic E-state index is 10.5. The van der Waals surface area contributed by atoms with Crippen molar-refractivity contribution in [3.05, 3.63) is 29.8 Å². The van der Waals surface area contributed by atoms with Crippen molar-refractivity contribution in [2.45, 2.75) is 11.8 Å². The molecule has 0 aliphatic rings. The molecule has 0 heterocycles. The number of thioether (sulfide) groups is 1. The van der Waals surface area contributed by atoms with E-state index in [2.05, 4.69) is 6.07 Å². The lowest BCUT2D eigenvalue weighted by Gasteiger charge is -2.13. The van der Waals surface area contributed by atoms with E-state index in [9.17, 15) is 4.79 Å². The van der Waals surface area contributed by atoms with Gasteiger partial charge >= 0.3 is 5.97 Å². The minimum Gasteiger partial charge on any atom is -0.480 e. The molecule has 0 radical (unpaired) electrons. The van der Waals surface area contributed by atoms with E-state index in [1.807, 2.05) is 37.2 Å². The van der Waals surface area contributed by atoms with E-state index in [0.717, 1.165) is 11.4 Å². The minimum absolute atomic E-state index is 0.432. The molecule has 0 saturated carbocycles. The Hall–Kier alpha value is -1.20. The summed E-state index contributed by atoms with van der Waals surface area (Å²) in [7, 11) is 3.99. The zero-order valence-electron chi connectivity index (χ0n) is 10.1. The summed E-state index contributed by atoms with van der Waals surface area (Å²) in [6, 6.07) is 7.39. The molecule has 17 heavy (non-hydrogen) atoms. The molecule has 0 bridgehead atoms. The van der Waals surface area contributed by atoms with Crippen molar-refractivity contribution >= 4 is 23.4 Å². The first-order chi connectivity index (χ1) is 8.00. The summed E-state index contributed by atoms with van der Waals surface area (Å²) in [4.78, 5) is 12.6. The Morgan fingerprint density at radius 2 is 2.24 bits per heavy atom. The molecule has 0 aromatic heterocycles. The van der Waals surface area contributed by atoms with Crippen LogP contribution < -0.4 is 10.6 Å². The predicted octanol–water partition coefficient (Wildman–Crippen LogP) is 1.40. The van der Waals surface area contributed by atoms with Gasteiger partial charge < -0.3 is 15.7 Å². The van der Waals surface area contributed by atoms with E-state index in [0.29, 0.717) is 5.75 Å². The maximum absolute atomic E-state index is 10.5. The van der Waals surface area contributed by atoms with Gasteiger partial charge in [-0.05, 0) is 17.7 Å². The van der Waals surface area contributed by atoms with Gasteiger partial charge in [0.05, 0.1) is 0 Å². The van der Waals surface area contributed by atoms with Gasteiger partial charge in [-0.15, -0.1) is 0 Å². The van der Waals surface area contributed by atoms with Gasteiger partial charge in [0.1, 0.15) is 6.04 Å². The third-order valence-corrected chi connectivity index (χ3v) is 3.44. The summed E-state index contributed by atoms with van der Waals surface area (Å²) in [5.41, 5.74) is 7.75. The van der Waals surface area contributed by atoms with E-state index in [1.165, 1.54) is 17.3 Å². The highest BCUT2D eigenvalue weighted by Crippen LogP contribution is 2.18. The average molecular weight is 254 g/mol. The number of rotatable bonds is 6. The van der Waals surface area contributed by atoms with E-state index in [1.54, 1.807) is 0 Å². The Kier molecular flexibility index (Phi) is 5.31. The molecule has 1 rings (SSSR count). The van der Waals surface area contributed by atoms with Gasteiger partial charge in [0.15, 0.2) is 0 Å². The smallest absolute Gasteiger partial charge is 0.321 e. The molecule has 0 amide bonds. The highest BCUT2D eigenvalue weighted by Gasteiger charge is 2.10. The molecule has 4 nitrogen and oxygen atoms in total. The number of hydrogen-bond acceptors (Lipinski definition) is 4. The van der Waals surface area contributed by atoms with Gasteiger partial charge in [0.2, 0.25) is 0 Å². The van der Waals surface area contributed by atoms with Crippen LogP contribution in [0, 0.1) is 0 Å². The molecule has 5 heteroatoms. The van der Waals surface area contributed by atoms with Crippen molar-refractivity contribution in [2.24, 2.45) is 5.73 Å². The third kappa shape index (κ3) is 4.66. The van der Waals surface area contributed by atoms with Crippen molar-refractivity contribution < 1.29 is 9.90 Å². The van der Waals surface area contributed by atoms with Gasteiger partial charge in [-0.3, -0.25) is 4.79 Å². The second-order valence-corrected chi connectivity index (χ2v) is 5.05. The Morgan fingerprint density at radius 1 is 1.53 bits per heavy atom. The summed E-state index contributed by atoms with van der Waals surface area (Å²) in [6.07, 6.45) is 0. The van der Waals surface area contributed by atoms with Gasteiger partial charge in [0, 0.05) is 31.3 Å². The third-order valence-electron chi connectivity index (χ3n) is 2.31. The molecule has 3 N–H and O–H groups in total. The second kappa shape index (κ2) is 6.51. The average Bonchev–Trinajstić information content (AvgIpc) is 2.29. The van der Waals surface area contributed by atoms with Gasteiger partial charge in [-0.1, -0.05) is 12.1 Å². The number of nitrogens with two attached hydrogens (primary N) is 1. The summed E-state index contributed by atoms with van der Waals surface area (Å²) in [5.74, 6) is 0.268. The predicted molar refractivity (Wildman–Crippen MR) is 72.5 cm³/mol. The maximum Gasteiger partial charge on any atom is 0.321 e. The van der Waals surface area contributed by atoms with Crippen LogP contribution in [-0.4, -0.2) is 37.0 Å². The molecular formula is C12H18N2O2S. The van der Waals surface area contributed by atoms with Crippen molar-refractivity contribution in [3.63, 3.8) is 0 Å². The highest BCUT2D eigenvalue weighted by atomic mass is 32.2. The van der Waals surface area contributed by atoms with Crippen LogP contribution in [0.3, 0.4) is 0 Å². The van der Waals surface area contributed by atoms with E-state index >= 15 is 0 Å². The van der Waals surface area contributed by atoms with Crippen molar-refractivity contribution in [1.29, 1.82) is 0 Å². The Bertz CT molecular complexity index is 383. The molecule has 1 aromatic carbocycles. The largest absolute Gasteiger partial charge is 0.480 e. The van der Waals surface area contributed by atoms with Crippen LogP contribution in [0.1, 0.15) is 5.56 Å². The second-order valence-electron chi connectivity index (χ2n) is 4.02. The van der Waals surface area contributed by atoms with Crippen LogP contribution in [-0.2, 0) is 10.5 Å². The standard InChI is InChI=1S/C12H18N2O2S/c1-14(2)10-5-3-4-9(6-10)7-17-8-11(13)12(15)16/h3-6,11H,7-8,13H2,1-2H3,(H,15,16)/t11-/m0/s1. The first-order valence-electron chi connectivity index (χ1n) is 5.33. The number of carboxylic acid groups (broad SMARTS) is 1. The van der Waals surface area contributed by atoms with Crippen LogP contribution in [0.2, 0.25) is 0 Å².